The van der Waals surface area contributed by atoms with Gasteiger partial charge >= 0.3 is 5.91 Å². The van der Waals surface area contributed by atoms with Crippen LogP contribution in [0.3, 0.4) is 0 Å². The van der Waals surface area contributed by atoms with E-state index >= 15 is 0 Å². The number of Topliss-reactive ketones (excluding diaryl/α,β-unsaturated/α-hetero) is 1. The van der Waals surface area contributed by atoms with Crippen LogP contribution in [0.2, 0.25) is 0 Å². The van der Waals surface area contributed by atoms with Crippen molar-refractivity contribution >= 4 is 44.1 Å². The Kier molecular flexibility index (Phi) is 5.45. The summed E-state index contributed by atoms with van der Waals surface area (Å²) in [6.45, 7) is 4.68. The maximum absolute atomic E-state index is 13.8. The molecule has 186 valence electrons. The number of thiazole rings is 1. The van der Waals surface area contributed by atoms with Crippen LogP contribution in [0, 0.1) is 19.7 Å². The number of fused-ring (bicyclic) bond motifs is 2. The molecule has 0 bridgehead atoms. The van der Waals surface area contributed by atoms with Crippen molar-refractivity contribution in [2.45, 2.75) is 19.9 Å². The number of amides is 1. The molecule has 1 aromatic heterocycles. The third kappa shape index (κ3) is 3.82. The predicted molar refractivity (Wildman–Crippen MR) is 138 cm³/mol. The van der Waals surface area contributed by atoms with Gasteiger partial charge in [-0.2, -0.15) is 0 Å². The van der Waals surface area contributed by atoms with Crippen LogP contribution >= 0.6 is 11.3 Å². The molecule has 0 unspecified atom stereocenters. The van der Waals surface area contributed by atoms with Crippen molar-refractivity contribution < 1.29 is 28.6 Å². The molecule has 9 heteroatoms. The Bertz CT molecular complexity index is 1630. The van der Waals surface area contributed by atoms with E-state index in [9.17, 15) is 19.1 Å². The molecule has 1 atom stereocenters. The highest BCUT2D eigenvalue weighted by molar-refractivity contribution is 7.22. The number of aryl methyl sites for hydroxylation is 2. The normalized spacial score (nSPS) is 18.6. The molecule has 7 nitrogen and oxygen atoms in total. The van der Waals surface area contributed by atoms with E-state index in [0.717, 1.165) is 21.3 Å². The molecule has 37 heavy (non-hydrogen) atoms. The topological polar surface area (TPSA) is 89.0 Å². The summed E-state index contributed by atoms with van der Waals surface area (Å²) >= 11 is 1.29. The zero-order valence-electron chi connectivity index (χ0n) is 19.9. The number of carbonyl (C=O) groups excluding carboxylic acids is 2. The molecule has 3 aromatic carbocycles. The minimum absolute atomic E-state index is 0.111. The lowest BCUT2D eigenvalue weighted by atomic mass is 9.95. The first-order valence-corrected chi connectivity index (χ1v) is 12.5. The lowest BCUT2D eigenvalue weighted by molar-refractivity contribution is -0.132. The van der Waals surface area contributed by atoms with Crippen LogP contribution in [0.25, 0.3) is 16.0 Å². The molecule has 2 aliphatic rings. The monoisotopic (exact) mass is 516 g/mol. The van der Waals surface area contributed by atoms with Gasteiger partial charge in [0.05, 0.1) is 21.8 Å². The average Bonchev–Trinajstić information content (AvgIpc) is 3.42. The summed E-state index contributed by atoms with van der Waals surface area (Å²) < 4.78 is 25.9. The van der Waals surface area contributed by atoms with Crippen molar-refractivity contribution in [2.75, 3.05) is 18.1 Å². The Balaban J connectivity index is 1.55. The average molecular weight is 517 g/mol. The minimum Gasteiger partial charge on any atom is -0.507 e. The van der Waals surface area contributed by atoms with Gasteiger partial charge in [-0.15, -0.1) is 0 Å². The molecular formula is C28H21FN2O5S. The Morgan fingerprint density at radius 1 is 1.03 bits per heavy atom. The highest BCUT2D eigenvalue weighted by Crippen LogP contribution is 2.45. The molecule has 1 fully saturated rings. The van der Waals surface area contributed by atoms with E-state index in [1.165, 1.54) is 40.5 Å². The summed E-state index contributed by atoms with van der Waals surface area (Å²) in [7, 11) is 0. The number of halogens is 1. The molecule has 0 saturated carbocycles. The molecule has 1 saturated heterocycles. The number of aliphatic hydroxyl groups excluding tert-OH is 1. The zero-order valence-corrected chi connectivity index (χ0v) is 20.8. The maximum Gasteiger partial charge on any atom is 0.301 e. The third-order valence-electron chi connectivity index (χ3n) is 6.47. The van der Waals surface area contributed by atoms with E-state index in [1.54, 1.807) is 18.2 Å². The molecule has 0 spiro atoms. The van der Waals surface area contributed by atoms with Gasteiger partial charge < -0.3 is 14.6 Å². The largest absolute Gasteiger partial charge is 0.507 e. The second-order valence-electron chi connectivity index (χ2n) is 9.00. The standard InChI is InChI=1S/C28H21FN2O5S/c1-14-11-15(2)23-21(12-14)37-28(30-23)31-24(16-3-6-18(29)7-4-16)22(26(33)27(31)34)25(32)17-5-8-19-20(13-17)36-10-9-35-19/h3-8,11-13,24,32H,9-10H2,1-2H3/t24-/m1/s1. The summed E-state index contributed by atoms with van der Waals surface area (Å²) in [5, 5.41) is 11.7. The second-order valence-corrected chi connectivity index (χ2v) is 10.0. The number of nitrogens with zero attached hydrogens (tertiary/aromatic N) is 2. The van der Waals surface area contributed by atoms with Crippen LogP contribution < -0.4 is 14.4 Å². The van der Waals surface area contributed by atoms with E-state index < -0.39 is 23.5 Å². The number of aliphatic hydroxyl groups is 1. The van der Waals surface area contributed by atoms with Crippen LogP contribution in [0.4, 0.5) is 9.52 Å². The number of anilines is 1. The molecule has 1 N–H and O–H groups in total. The number of rotatable bonds is 3. The van der Waals surface area contributed by atoms with Crippen LogP contribution in [0.5, 0.6) is 11.5 Å². The number of hydrogen-bond donors (Lipinski definition) is 1. The fourth-order valence-corrected chi connectivity index (χ4v) is 5.97. The highest BCUT2D eigenvalue weighted by Gasteiger charge is 2.48. The van der Waals surface area contributed by atoms with Gasteiger partial charge in [0.15, 0.2) is 16.6 Å². The van der Waals surface area contributed by atoms with Gasteiger partial charge in [-0.25, -0.2) is 9.37 Å². The quantitative estimate of drug-likeness (QED) is 0.221. The van der Waals surface area contributed by atoms with Crippen molar-refractivity contribution in [3.63, 3.8) is 0 Å². The number of carbonyl (C=O) groups is 2. The summed E-state index contributed by atoms with van der Waals surface area (Å²) in [5.41, 5.74) is 3.38. The molecule has 0 aliphatic carbocycles. The molecule has 1 amide bonds. The number of ketones is 1. The van der Waals surface area contributed by atoms with Crippen LogP contribution in [0.1, 0.15) is 28.3 Å². The van der Waals surface area contributed by atoms with E-state index in [1.807, 2.05) is 26.0 Å². The molecule has 0 radical (unpaired) electrons. The van der Waals surface area contributed by atoms with Gasteiger partial charge in [-0.1, -0.05) is 29.5 Å². The molecule has 6 rings (SSSR count). The van der Waals surface area contributed by atoms with E-state index in [2.05, 4.69) is 0 Å². The lowest BCUT2D eigenvalue weighted by Gasteiger charge is -2.23. The Morgan fingerprint density at radius 2 is 1.76 bits per heavy atom. The molecule has 3 heterocycles. The van der Waals surface area contributed by atoms with E-state index in [4.69, 9.17) is 14.5 Å². The zero-order chi connectivity index (χ0) is 25.8. The SMILES string of the molecule is Cc1cc(C)c2nc(N3C(=O)C(=O)C(=C(O)c4ccc5c(c4)OCCO5)[C@H]3c3ccc(F)cc3)sc2c1. The van der Waals surface area contributed by atoms with Crippen molar-refractivity contribution in [2.24, 2.45) is 0 Å². The summed E-state index contributed by atoms with van der Waals surface area (Å²) in [4.78, 5) is 32.8. The van der Waals surface area contributed by atoms with Crippen LogP contribution in [-0.4, -0.2) is 35.0 Å². The van der Waals surface area contributed by atoms with Crippen LogP contribution in [0.15, 0.2) is 60.2 Å². The lowest BCUT2D eigenvalue weighted by Crippen LogP contribution is -2.29. The summed E-state index contributed by atoms with van der Waals surface area (Å²) in [6, 6.07) is 13.3. The summed E-state index contributed by atoms with van der Waals surface area (Å²) in [6.07, 6.45) is 0. The van der Waals surface area contributed by atoms with Crippen molar-refractivity contribution in [1.82, 2.24) is 4.98 Å². The van der Waals surface area contributed by atoms with Crippen molar-refractivity contribution in [3.05, 3.63) is 88.2 Å². The van der Waals surface area contributed by atoms with Crippen molar-refractivity contribution in [1.29, 1.82) is 0 Å². The van der Waals surface area contributed by atoms with Gasteiger partial charge in [0.1, 0.15) is 24.8 Å². The van der Waals surface area contributed by atoms with Crippen LogP contribution in [-0.2, 0) is 9.59 Å². The Hall–Kier alpha value is -4.24. The van der Waals surface area contributed by atoms with E-state index in [-0.39, 0.29) is 11.3 Å². The van der Waals surface area contributed by atoms with Gasteiger partial charge in [-0.3, -0.25) is 14.5 Å². The fourth-order valence-electron chi connectivity index (χ4n) is 4.80. The number of hydrogen-bond acceptors (Lipinski definition) is 7. The Morgan fingerprint density at radius 3 is 2.51 bits per heavy atom. The predicted octanol–water partition coefficient (Wildman–Crippen LogP) is 5.45. The fraction of sp³-hybridized carbons (Fsp3) is 0.179. The van der Waals surface area contributed by atoms with Gasteiger partial charge in [0.2, 0.25) is 0 Å². The Labute approximate surface area is 215 Å². The van der Waals surface area contributed by atoms with Gasteiger partial charge in [0, 0.05) is 5.56 Å². The first-order chi connectivity index (χ1) is 17.8. The van der Waals surface area contributed by atoms with Gasteiger partial charge in [0.25, 0.3) is 5.78 Å². The maximum atomic E-state index is 13.8. The minimum atomic E-state index is -1.00. The van der Waals surface area contributed by atoms with E-state index in [0.29, 0.717) is 41.0 Å². The smallest absolute Gasteiger partial charge is 0.301 e. The third-order valence-corrected chi connectivity index (χ3v) is 7.47. The molecule has 2 aliphatic heterocycles. The second kappa shape index (κ2) is 8.70. The molecular weight excluding hydrogens is 495 g/mol. The first-order valence-electron chi connectivity index (χ1n) is 11.7. The highest BCUT2D eigenvalue weighted by atomic mass is 32.1. The van der Waals surface area contributed by atoms with Crippen molar-refractivity contribution in [3.8, 4) is 11.5 Å². The number of ether oxygens (including phenoxy) is 2. The first kappa shape index (κ1) is 23.2. The summed E-state index contributed by atoms with van der Waals surface area (Å²) in [5.74, 6) is -1.53. The van der Waals surface area contributed by atoms with Gasteiger partial charge in [-0.05, 0) is 66.9 Å². The molecule has 4 aromatic rings. The number of aromatic nitrogens is 1. The number of benzene rings is 3.